The van der Waals surface area contributed by atoms with Gasteiger partial charge >= 0.3 is 0 Å². The van der Waals surface area contributed by atoms with Crippen LogP contribution in [-0.4, -0.2) is 29.5 Å². The van der Waals surface area contributed by atoms with Crippen molar-refractivity contribution < 1.29 is 0 Å². The molecule has 0 saturated carbocycles. The fourth-order valence-corrected chi connectivity index (χ4v) is 6.66. The molecule has 0 unspecified atom stereocenters. The van der Waals surface area contributed by atoms with Crippen LogP contribution in [0.3, 0.4) is 0 Å². The third kappa shape index (κ3) is 8.09. The standard InChI is InChI=1S/C17H11ClIN3.C10H7Cl2N.C7H5IN2.CH4/c18-13-7-12-6-11(3-4-15(12)21-8-13)9-22-10-14(19)17-16(22)2-1-5-20-17;11-5-7-1-2-10-8(3-7)4-9(12)6-13-10;8-5-4-10-6-2-1-3-9-7(5)6;/h1-8,10H,9H2;1-4,6H,5H2;1-4,10H;1H4. The van der Waals surface area contributed by atoms with Crippen molar-refractivity contribution in [3.63, 3.8) is 0 Å². The molecule has 8 rings (SSSR count). The van der Waals surface area contributed by atoms with E-state index in [4.69, 9.17) is 34.8 Å². The summed E-state index contributed by atoms with van der Waals surface area (Å²) < 4.78 is 4.57. The van der Waals surface area contributed by atoms with Crippen LogP contribution in [0.5, 0.6) is 0 Å². The lowest BCUT2D eigenvalue weighted by Gasteiger charge is -2.07. The molecule has 0 aliphatic heterocycles. The molecule has 0 bridgehead atoms. The minimum atomic E-state index is 0. The van der Waals surface area contributed by atoms with Gasteiger partial charge in [-0.15, -0.1) is 11.6 Å². The first-order valence-corrected chi connectivity index (χ1v) is 17.1. The highest BCUT2D eigenvalue weighted by molar-refractivity contribution is 14.1. The predicted octanol–water partition coefficient (Wildman–Crippen LogP) is 11.3. The topological polar surface area (TPSA) is 72.3 Å². The van der Waals surface area contributed by atoms with Gasteiger partial charge < -0.3 is 9.55 Å². The molecule has 0 atom stereocenters. The first-order chi connectivity index (χ1) is 21.9. The van der Waals surface area contributed by atoms with Crippen molar-refractivity contribution in [1.29, 1.82) is 0 Å². The molecule has 0 amide bonds. The smallest absolute Gasteiger partial charge is 0.101 e. The Balaban J connectivity index is 0.000000148. The fourth-order valence-electron chi connectivity index (χ4n) is 4.82. The van der Waals surface area contributed by atoms with Gasteiger partial charge in [-0.05, 0) is 117 Å². The van der Waals surface area contributed by atoms with E-state index in [1.54, 1.807) is 18.6 Å². The van der Waals surface area contributed by atoms with Crippen LogP contribution in [0.25, 0.3) is 43.9 Å². The molecule has 0 fully saturated rings. The summed E-state index contributed by atoms with van der Waals surface area (Å²) in [5.41, 5.74) is 8.56. The van der Waals surface area contributed by atoms with Crippen molar-refractivity contribution >= 4 is 124 Å². The second-order valence-electron chi connectivity index (χ2n) is 10.0. The number of alkyl halides is 1. The van der Waals surface area contributed by atoms with E-state index in [1.807, 2.05) is 67.0 Å². The maximum atomic E-state index is 6.04. The number of halogens is 5. The quantitative estimate of drug-likeness (QED) is 0.142. The number of fused-ring (bicyclic) bond motifs is 4. The molecule has 1 N–H and O–H groups in total. The van der Waals surface area contributed by atoms with Gasteiger partial charge in [-0.2, -0.15) is 0 Å². The maximum absolute atomic E-state index is 6.04. The monoisotopic (exact) mass is 890 g/mol. The second-order valence-corrected chi connectivity index (χ2v) is 13.5. The third-order valence-corrected chi connectivity index (χ3v) is 9.25. The van der Waals surface area contributed by atoms with Crippen molar-refractivity contribution in [3.8, 4) is 0 Å². The number of hydrogen-bond acceptors (Lipinski definition) is 4. The largest absolute Gasteiger partial charge is 0.359 e. The lowest BCUT2D eigenvalue weighted by atomic mass is 10.1. The zero-order valence-electron chi connectivity index (χ0n) is 23.4. The summed E-state index contributed by atoms with van der Waals surface area (Å²) in [6.07, 6.45) is 11.1. The highest BCUT2D eigenvalue weighted by Gasteiger charge is 2.08. The SMILES string of the molecule is C.ClCc1ccc2ncc(Cl)cc2c1.Clc1cnc2ccc(Cn3cc(I)c4ncccc43)cc2c1.Ic1c[nH]c2cccnc12. The summed E-state index contributed by atoms with van der Waals surface area (Å²) in [5, 5.41) is 3.41. The lowest BCUT2D eigenvalue weighted by Crippen LogP contribution is -1.98. The molecule has 0 aliphatic carbocycles. The van der Waals surface area contributed by atoms with Crippen LogP contribution in [0.15, 0.2) is 110 Å². The van der Waals surface area contributed by atoms with E-state index in [2.05, 4.69) is 99.1 Å². The first-order valence-electron chi connectivity index (χ1n) is 13.7. The van der Waals surface area contributed by atoms with Crippen LogP contribution in [0, 0.1) is 7.14 Å². The van der Waals surface area contributed by atoms with E-state index >= 15 is 0 Å². The van der Waals surface area contributed by atoms with E-state index in [9.17, 15) is 0 Å². The molecular weight excluding hydrogens is 865 g/mol. The zero-order chi connectivity index (χ0) is 31.3. The van der Waals surface area contributed by atoms with Crippen molar-refractivity contribution in [1.82, 2.24) is 29.5 Å². The van der Waals surface area contributed by atoms with Crippen LogP contribution in [0.2, 0.25) is 10.0 Å². The van der Waals surface area contributed by atoms with Crippen LogP contribution in [-0.2, 0) is 12.4 Å². The molecule has 6 heterocycles. The van der Waals surface area contributed by atoms with Gasteiger partial charge in [-0.25, -0.2) is 0 Å². The highest BCUT2D eigenvalue weighted by atomic mass is 127. The molecule has 0 aliphatic rings. The van der Waals surface area contributed by atoms with E-state index < -0.39 is 0 Å². The number of aromatic nitrogens is 6. The van der Waals surface area contributed by atoms with Crippen molar-refractivity contribution in [2.45, 2.75) is 19.9 Å². The van der Waals surface area contributed by atoms with Crippen LogP contribution < -0.4 is 0 Å². The Morgan fingerprint density at radius 3 is 1.96 bits per heavy atom. The molecule has 6 nitrogen and oxygen atoms in total. The van der Waals surface area contributed by atoms with Gasteiger partial charge in [0.15, 0.2) is 0 Å². The second kappa shape index (κ2) is 15.7. The number of nitrogens with zero attached hydrogens (tertiary/aromatic N) is 5. The normalized spacial score (nSPS) is 10.7. The number of benzene rings is 2. The lowest BCUT2D eigenvalue weighted by molar-refractivity contribution is 0.836. The van der Waals surface area contributed by atoms with Gasteiger partial charge in [0, 0.05) is 60.4 Å². The average molecular weight is 892 g/mol. The summed E-state index contributed by atoms with van der Waals surface area (Å²) in [7, 11) is 0. The number of hydrogen-bond donors (Lipinski definition) is 1. The van der Waals surface area contributed by atoms with Crippen molar-refractivity contribution in [2.75, 3.05) is 0 Å². The Morgan fingerprint density at radius 1 is 0.696 bits per heavy atom. The summed E-state index contributed by atoms with van der Waals surface area (Å²) in [6, 6.07) is 24.1. The Bertz CT molecular complexity index is 2270. The minimum absolute atomic E-state index is 0. The summed E-state index contributed by atoms with van der Waals surface area (Å²) in [6.45, 7) is 0.799. The first kappa shape index (κ1) is 34.3. The molecule has 232 valence electrons. The Labute approximate surface area is 308 Å². The predicted molar refractivity (Wildman–Crippen MR) is 210 cm³/mol. The van der Waals surface area contributed by atoms with Crippen LogP contribution >= 0.6 is 80.0 Å². The van der Waals surface area contributed by atoms with Crippen molar-refractivity contribution in [3.05, 3.63) is 138 Å². The van der Waals surface area contributed by atoms with Gasteiger partial charge in [-0.1, -0.05) is 42.8 Å². The third-order valence-electron chi connectivity index (χ3n) is 6.91. The number of H-pyrrole nitrogens is 1. The van der Waals surface area contributed by atoms with Gasteiger partial charge in [-0.3, -0.25) is 19.9 Å². The van der Waals surface area contributed by atoms with E-state index in [0.717, 1.165) is 56.0 Å². The molecule has 0 saturated heterocycles. The summed E-state index contributed by atoms with van der Waals surface area (Å²) in [5.74, 6) is 0.516. The summed E-state index contributed by atoms with van der Waals surface area (Å²) >= 11 is 22.2. The number of pyridine rings is 4. The average Bonchev–Trinajstić information content (AvgIpc) is 3.60. The van der Waals surface area contributed by atoms with Crippen LogP contribution in [0.4, 0.5) is 0 Å². The minimum Gasteiger partial charge on any atom is -0.359 e. The Hall–Kier alpha value is -3.03. The Morgan fingerprint density at radius 2 is 1.30 bits per heavy atom. The molecule has 6 aromatic heterocycles. The molecule has 0 spiro atoms. The van der Waals surface area contributed by atoms with E-state index in [1.165, 1.54) is 12.7 Å². The van der Waals surface area contributed by atoms with Crippen molar-refractivity contribution in [2.24, 2.45) is 0 Å². The molecule has 8 aromatic rings. The number of nitrogens with one attached hydrogen (secondary N) is 1. The maximum Gasteiger partial charge on any atom is 0.101 e. The van der Waals surface area contributed by atoms with Gasteiger partial charge in [0.25, 0.3) is 0 Å². The Kier molecular flexibility index (Phi) is 11.7. The van der Waals surface area contributed by atoms with E-state index in [-0.39, 0.29) is 7.43 Å². The molecule has 11 heteroatoms. The fraction of sp³-hybridized carbons (Fsp3) is 0.0857. The number of rotatable bonds is 3. The molecule has 2 aromatic carbocycles. The highest BCUT2D eigenvalue weighted by Crippen LogP contribution is 2.24. The molecule has 0 radical (unpaired) electrons. The van der Waals surface area contributed by atoms with Crippen LogP contribution in [0.1, 0.15) is 18.6 Å². The summed E-state index contributed by atoms with van der Waals surface area (Å²) in [4.78, 5) is 20.3. The molecular formula is C35H27Cl3I2N6. The molecule has 46 heavy (non-hydrogen) atoms. The van der Waals surface area contributed by atoms with E-state index in [0.29, 0.717) is 15.9 Å². The zero-order valence-corrected chi connectivity index (χ0v) is 30.0. The van der Waals surface area contributed by atoms with Gasteiger partial charge in [0.2, 0.25) is 0 Å². The van der Waals surface area contributed by atoms with Gasteiger partial charge in [0.1, 0.15) is 11.0 Å². The number of aromatic amines is 1. The van der Waals surface area contributed by atoms with Gasteiger partial charge in [0.05, 0.1) is 39.3 Å².